The van der Waals surface area contributed by atoms with Crippen LogP contribution in [0.5, 0.6) is 0 Å². The lowest BCUT2D eigenvalue weighted by atomic mass is 10.1. The molecule has 5 heteroatoms. The summed E-state index contributed by atoms with van der Waals surface area (Å²) in [5, 5.41) is 7.97. The summed E-state index contributed by atoms with van der Waals surface area (Å²) in [6, 6.07) is 18.1. The zero-order valence-electron chi connectivity index (χ0n) is 13.9. The van der Waals surface area contributed by atoms with Crippen LogP contribution in [0.15, 0.2) is 73.2 Å². The molecule has 0 aliphatic heterocycles. The second-order valence-electron chi connectivity index (χ2n) is 6.06. The number of carbonyl (C=O) groups is 1. The maximum absolute atomic E-state index is 12.4. The van der Waals surface area contributed by atoms with Crippen molar-refractivity contribution in [3.8, 4) is 0 Å². The largest absolute Gasteiger partial charge is 0.343 e. The highest BCUT2D eigenvalue weighted by Crippen LogP contribution is 2.20. The molecular formula is C20H18N4O. The molecule has 0 aliphatic rings. The fourth-order valence-corrected chi connectivity index (χ4v) is 2.95. The summed E-state index contributed by atoms with van der Waals surface area (Å²) >= 11 is 0. The second kappa shape index (κ2) is 6.28. The number of rotatable bonds is 4. The van der Waals surface area contributed by atoms with Gasteiger partial charge < -0.3 is 9.88 Å². The third kappa shape index (κ3) is 3.17. The number of anilines is 1. The molecule has 0 saturated heterocycles. The zero-order chi connectivity index (χ0) is 17.2. The summed E-state index contributed by atoms with van der Waals surface area (Å²) in [7, 11) is 1.82. The van der Waals surface area contributed by atoms with Crippen LogP contribution in [0.4, 0.5) is 5.69 Å². The monoisotopic (exact) mass is 330 g/mol. The number of carbonyl (C=O) groups excluding carboxylic acids is 1. The number of amides is 1. The fourth-order valence-electron chi connectivity index (χ4n) is 2.95. The standard InChI is InChI=1S/C20H18N4O/c1-23-14-18(12-21-23)22-20(25)17-7-8-19-16(11-17)9-10-24(19)13-15-5-3-2-4-6-15/h2-12,14H,13H2,1H3,(H,22,25). The number of aromatic nitrogens is 3. The van der Waals surface area contributed by atoms with Crippen LogP contribution in [0.1, 0.15) is 15.9 Å². The van der Waals surface area contributed by atoms with Gasteiger partial charge in [0.05, 0.1) is 11.9 Å². The van der Waals surface area contributed by atoms with E-state index in [4.69, 9.17) is 0 Å². The van der Waals surface area contributed by atoms with Crippen molar-refractivity contribution in [2.75, 3.05) is 5.32 Å². The normalized spacial score (nSPS) is 10.9. The van der Waals surface area contributed by atoms with E-state index in [1.54, 1.807) is 17.1 Å². The van der Waals surface area contributed by atoms with Gasteiger partial charge in [-0.15, -0.1) is 0 Å². The first-order valence-electron chi connectivity index (χ1n) is 8.12. The van der Waals surface area contributed by atoms with Crippen LogP contribution in [0.3, 0.4) is 0 Å². The minimum atomic E-state index is -0.134. The highest BCUT2D eigenvalue weighted by Gasteiger charge is 2.10. The first-order valence-corrected chi connectivity index (χ1v) is 8.12. The van der Waals surface area contributed by atoms with Gasteiger partial charge in [-0.25, -0.2) is 0 Å². The lowest BCUT2D eigenvalue weighted by Crippen LogP contribution is -2.11. The van der Waals surface area contributed by atoms with Crippen molar-refractivity contribution in [3.63, 3.8) is 0 Å². The molecule has 0 spiro atoms. The number of hydrogen-bond acceptors (Lipinski definition) is 2. The van der Waals surface area contributed by atoms with E-state index in [-0.39, 0.29) is 5.91 Å². The molecule has 5 nitrogen and oxygen atoms in total. The predicted molar refractivity (Wildman–Crippen MR) is 98.6 cm³/mol. The number of benzene rings is 2. The fraction of sp³-hybridized carbons (Fsp3) is 0.100. The quantitative estimate of drug-likeness (QED) is 0.620. The summed E-state index contributed by atoms with van der Waals surface area (Å²) < 4.78 is 3.84. The molecule has 0 aliphatic carbocycles. The Bertz CT molecular complexity index is 1030. The first-order chi connectivity index (χ1) is 12.2. The van der Waals surface area contributed by atoms with Gasteiger partial charge in [0, 0.05) is 42.5 Å². The lowest BCUT2D eigenvalue weighted by Gasteiger charge is -2.07. The molecule has 0 saturated carbocycles. The number of nitrogens with one attached hydrogen (secondary N) is 1. The van der Waals surface area contributed by atoms with E-state index in [0.717, 1.165) is 17.4 Å². The highest BCUT2D eigenvalue weighted by atomic mass is 16.1. The third-order valence-corrected chi connectivity index (χ3v) is 4.19. The highest BCUT2D eigenvalue weighted by molar-refractivity contribution is 6.06. The van der Waals surface area contributed by atoms with Gasteiger partial charge in [-0.3, -0.25) is 9.48 Å². The molecule has 0 unspecified atom stereocenters. The minimum absolute atomic E-state index is 0.134. The summed E-state index contributed by atoms with van der Waals surface area (Å²) in [6.45, 7) is 0.811. The van der Waals surface area contributed by atoms with Gasteiger partial charge in [0.1, 0.15) is 0 Å². The number of nitrogens with zero attached hydrogens (tertiary/aromatic N) is 3. The second-order valence-corrected chi connectivity index (χ2v) is 6.06. The molecule has 25 heavy (non-hydrogen) atoms. The number of aryl methyl sites for hydroxylation is 1. The van der Waals surface area contributed by atoms with Crippen LogP contribution in [-0.2, 0) is 13.6 Å². The van der Waals surface area contributed by atoms with E-state index < -0.39 is 0 Å². The molecular weight excluding hydrogens is 312 g/mol. The molecule has 2 heterocycles. The lowest BCUT2D eigenvalue weighted by molar-refractivity contribution is 0.102. The Morgan fingerprint density at radius 3 is 2.72 bits per heavy atom. The Kier molecular flexibility index (Phi) is 3.82. The van der Waals surface area contributed by atoms with Crippen molar-refractivity contribution in [2.45, 2.75) is 6.54 Å². The Balaban J connectivity index is 1.57. The Morgan fingerprint density at radius 2 is 1.96 bits per heavy atom. The van der Waals surface area contributed by atoms with Crippen molar-refractivity contribution in [1.29, 1.82) is 0 Å². The van der Waals surface area contributed by atoms with Gasteiger partial charge in [0.15, 0.2) is 0 Å². The molecule has 0 radical (unpaired) electrons. The zero-order valence-corrected chi connectivity index (χ0v) is 13.9. The molecule has 1 amide bonds. The van der Waals surface area contributed by atoms with Gasteiger partial charge in [0.25, 0.3) is 5.91 Å². The summed E-state index contributed by atoms with van der Waals surface area (Å²) in [5.74, 6) is -0.134. The maximum Gasteiger partial charge on any atom is 0.255 e. The van der Waals surface area contributed by atoms with Crippen LogP contribution < -0.4 is 5.32 Å². The average Bonchev–Trinajstić information content (AvgIpc) is 3.22. The molecule has 0 bridgehead atoms. The minimum Gasteiger partial charge on any atom is -0.343 e. The first kappa shape index (κ1) is 15.2. The summed E-state index contributed by atoms with van der Waals surface area (Å²) in [5.41, 5.74) is 3.68. The van der Waals surface area contributed by atoms with E-state index >= 15 is 0 Å². The van der Waals surface area contributed by atoms with Crippen molar-refractivity contribution in [3.05, 3.63) is 84.3 Å². The van der Waals surface area contributed by atoms with Crippen LogP contribution in [0.2, 0.25) is 0 Å². The average molecular weight is 330 g/mol. The molecule has 1 N–H and O–H groups in total. The van der Waals surface area contributed by atoms with Crippen LogP contribution in [0, 0.1) is 0 Å². The SMILES string of the molecule is Cn1cc(NC(=O)c2ccc3c(ccn3Cc3ccccc3)c2)cn1. The Hall–Kier alpha value is -3.34. The molecule has 2 aromatic heterocycles. The molecule has 4 aromatic rings. The number of hydrogen-bond donors (Lipinski definition) is 1. The number of fused-ring (bicyclic) bond motifs is 1. The van der Waals surface area contributed by atoms with E-state index in [9.17, 15) is 4.79 Å². The van der Waals surface area contributed by atoms with Crippen molar-refractivity contribution in [1.82, 2.24) is 14.3 Å². The third-order valence-electron chi connectivity index (χ3n) is 4.19. The van der Waals surface area contributed by atoms with E-state index in [1.807, 2.05) is 49.5 Å². The molecule has 0 atom stereocenters. The van der Waals surface area contributed by atoms with Crippen molar-refractivity contribution < 1.29 is 4.79 Å². The van der Waals surface area contributed by atoms with Gasteiger partial charge in [-0.1, -0.05) is 30.3 Å². The van der Waals surface area contributed by atoms with Crippen LogP contribution >= 0.6 is 0 Å². The molecule has 0 fully saturated rings. The molecule has 124 valence electrons. The molecule has 2 aromatic carbocycles. The van der Waals surface area contributed by atoms with E-state index in [2.05, 4.69) is 33.3 Å². The van der Waals surface area contributed by atoms with Crippen LogP contribution in [0.25, 0.3) is 10.9 Å². The van der Waals surface area contributed by atoms with Crippen molar-refractivity contribution in [2.24, 2.45) is 7.05 Å². The summed E-state index contributed by atoms with van der Waals surface area (Å²) in [4.78, 5) is 12.4. The van der Waals surface area contributed by atoms with Gasteiger partial charge >= 0.3 is 0 Å². The van der Waals surface area contributed by atoms with Crippen LogP contribution in [-0.4, -0.2) is 20.3 Å². The van der Waals surface area contributed by atoms with Gasteiger partial charge in [-0.2, -0.15) is 5.10 Å². The maximum atomic E-state index is 12.4. The molecule has 4 rings (SSSR count). The van der Waals surface area contributed by atoms with Gasteiger partial charge in [0.2, 0.25) is 0 Å². The van der Waals surface area contributed by atoms with Gasteiger partial charge in [-0.05, 0) is 29.8 Å². The predicted octanol–water partition coefficient (Wildman–Crippen LogP) is 3.68. The van der Waals surface area contributed by atoms with E-state index in [0.29, 0.717) is 11.3 Å². The smallest absolute Gasteiger partial charge is 0.255 e. The van der Waals surface area contributed by atoms with E-state index in [1.165, 1.54) is 5.56 Å². The Labute approximate surface area is 145 Å². The van der Waals surface area contributed by atoms with Crippen molar-refractivity contribution >= 4 is 22.5 Å². The summed E-state index contributed by atoms with van der Waals surface area (Å²) in [6.07, 6.45) is 5.46. The topological polar surface area (TPSA) is 51.9 Å². The Morgan fingerprint density at radius 1 is 1.12 bits per heavy atom.